The number of unbranched alkanes of at least 4 members (excludes halogenated alkanes) is 2. The van der Waals surface area contributed by atoms with E-state index in [0.717, 1.165) is 49.9 Å². The van der Waals surface area contributed by atoms with Crippen molar-refractivity contribution in [2.24, 2.45) is 5.41 Å². The van der Waals surface area contributed by atoms with Crippen LogP contribution in [0, 0.1) is 5.41 Å². The Labute approximate surface area is 243 Å². The van der Waals surface area contributed by atoms with Gasteiger partial charge in [0.2, 0.25) is 5.83 Å². The molecule has 1 heterocycles. The van der Waals surface area contributed by atoms with Crippen molar-refractivity contribution in [1.29, 1.82) is 0 Å². The number of thioether (sulfide) groups is 1. The first-order valence-electron chi connectivity index (χ1n) is 13.5. The van der Waals surface area contributed by atoms with Crippen LogP contribution >= 0.6 is 11.8 Å². The number of carbonyl (C=O) groups excluding carboxylic acids is 1. The molecule has 0 aliphatic carbocycles. The summed E-state index contributed by atoms with van der Waals surface area (Å²) < 4.78 is 33.2. The molecule has 0 aromatic heterocycles. The maximum Gasteiger partial charge on any atom is 0.368 e. The zero-order chi connectivity index (χ0) is 29.4. The number of nitrogens with zero attached hydrogens (tertiary/aromatic N) is 2. The van der Waals surface area contributed by atoms with Crippen LogP contribution in [0.15, 0.2) is 58.3 Å². The number of amides is 1. The van der Waals surface area contributed by atoms with E-state index in [-0.39, 0.29) is 17.1 Å². The zero-order valence-corrected chi connectivity index (χ0v) is 25.5. The van der Waals surface area contributed by atoms with Crippen LogP contribution in [0.25, 0.3) is 0 Å². The molecule has 1 atom stereocenters. The standard InChI is InChI=1S/C30H39FN2O5S2/c1-6-8-14-30(15-9-7-2)19-33(22-12-10-21(11-13-22)28(34)32(3)4)24-16-26(39-5)25(17-27(24)40(37)20-30)38-18-23(31)29(35)36/h10-13,16-18H,6-9,14-15,19-20H2,1-5H3,(H,35,36)/b23-18-. The van der Waals surface area contributed by atoms with Crippen molar-refractivity contribution in [2.75, 3.05) is 37.5 Å². The molecule has 0 saturated heterocycles. The minimum absolute atomic E-state index is 0.0859. The molecule has 218 valence electrons. The van der Waals surface area contributed by atoms with Crippen LogP contribution in [0.5, 0.6) is 5.75 Å². The van der Waals surface area contributed by atoms with E-state index in [0.29, 0.717) is 33.9 Å². The van der Waals surface area contributed by atoms with Crippen molar-refractivity contribution in [3.63, 3.8) is 0 Å². The van der Waals surface area contributed by atoms with Gasteiger partial charge in [0.15, 0.2) is 0 Å². The fourth-order valence-corrected chi connectivity index (χ4v) is 7.24. The fraction of sp³-hybridized carbons (Fsp3) is 0.467. The van der Waals surface area contributed by atoms with Crippen LogP contribution in [-0.4, -0.2) is 58.7 Å². The molecule has 0 saturated carbocycles. The number of benzene rings is 2. The minimum atomic E-state index is -1.72. The molecular formula is C30H39FN2O5S2. The molecule has 2 aromatic rings. The molecule has 1 amide bonds. The lowest BCUT2D eigenvalue weighted by atomic mass is 9.79. The van der Waals surface area contributed by atoms with Crippen molar-refractivity contribution >= 4 is 45.8 Å². The molecule has 0 bridgehead atoms. The lowest BCUT2D eigenvalue weighted by Crippen LogP contribution is -2.37. The number of fused-ring (bicyclic) bond motifs is 1. The highest BCUT2D eigenvalue weighted by Gasteiger charge is 2.39. The van der Waals surface area contributed by atoms with Crippen LogP contribution in [-0.2, 0) is 15.6 Å². The van der Waals surface area contributed by atoms with E-state index >= 15 is 0 Å². The van der Waals surface area contributed by atoms with Crippen LogP contribution in [0.1, 0.15) is 62.7 Å². The van der Waals surface area contributed by atoms with Crippen LogP contribution in [0.3, 0.4) is 0 Å². The Kier molecular flexibility index (Phi) is 11.2. The molecule has 7 nitrogen and oxygen atoms in total. The molecule has 1 aliphatic heterocycles. The summed E-state index contributed by atoms with van der Waals surface area (Å²) in [5, 5.41) is 8.89. The average molecular weight is 591 g/mol. The summed E-state index contributed by atoms with van der Waals surface area (Å²) >= 11 is 1.37. The maximum atomic E-state index is 14.0. The van der Waals surface area contributed by atoms with E-state index in [4.69, 9.17) is 9.84 Å². The number of carbonyl (C=O) groups is 2. The number of anilines is 2. The summed E-state index contributed by atoms with van der Waals surface area (Å²) in [6.07, 6.45) is 8.38. The topological polar surface area (TPSA) is 87.2 Å². The quantitative estimate of drug-likeness (QED) is 0.162. The highest BCUT2D eigenvalue weighted by atomic mass is 32.2. The van der Waals surface area contributed by atoms with Gasteiger partial charge in [-0.25, -0.2) is 4.79 Å². The lowest BCUT2D eigenvalue weighted by molar-refractivity contribution is -0.134. The van der Waals surface area contributed by atoms with Crippen molar-refractivity contribution in [1.82, 2.24) is 4.90 Å². The monoisotopic (exact) mass is 590 g/mol. The van der Waals surface area contributed by atoms with E-state index < -0.39 is 22.6 Å². The first-order chi connectivity index (χ1) is 19.1. The number of rotatable bonds is 12. The van der Waals surface area contributed by atoms with Crippen molar-refractivity contribution < 1.29 is 28.0 Å². The molecule has 0 spiro atoms. The highest BCUT2D eigenvalue weighted by molar-refractivity contribution is 7.98. The van der Waals surface area contributed by atoms with Gasteiger partial charge in [0.05, 0.1) is 26.3 Å². The van der Waals surface area contributed by atoms with E-state index in [1.165, 1.54) is 16.7 Å². The number of hydrogen-bond acceptors (Lipinski definition) is 6. The molecule has 3 rings (SSSR count). The first-order valence-corrected chi connectivity index (χ1v) is 16.1. The normalized spacial score (nSPS) is 16.7. The molecule has 0 fully saturated rings. The largest absolute Gasteiger partial charge is 0.476 e. The molecule has 1 unspecified atom stereocenters. The number of hydrogen-bond donors (Lipinski definition) is 1. The van der Waals surface area contributed by atoms with Gasteiger partial charge in [-0.2, -0.15) is 4.39 Å². The molecular weight excluding hydrogens is 551 g/mol. The Balaban J connectivity index is 2.19. The summed E-state index contributed by atoms with van der Waals surface area (Å²) in [5.74, 6) is -2.50. The summed E-state index contributed by atoms with van der Waals surface area (Å²) in [5.41, 5.74) is 2.02. The van der Waals surface area contributed by atoms with Crippen LogP contribution < -0.4 is 9.64 Å². The third kappa shape index (κ3) is 7.46. The summed E-state index contributed by atoms with van der Waals surface area (Å²) in [6, 6.07) is 11.0. The Bertz CT molecular complexity index is 1260. The lowest BCUT2D eigenvalue weighted by Gasteiger charge is -2.37. The van der Waals surface area contributed by atoms with Crippen molar-refractivity contribution in [2.45, 2.75) is 62.2 Å². The Morgan fingerprint density at radius 1 is 1.15 bits per heavy atom. The average Bonchev–Trinajstić information content (AvgIpc) is 3.06. The fourth-order valence-electron chi connectivity index (χ4n) is 4.97. The van der Waals surface area contributed by atoms with E-state index in [2.05, 4.69) is 18.7 Å². The maximum absolute atomic E-state index is 14.0. The predicted molar refractivity (Wildman–Crippen MR) is 160 cm³/mol. The zero-order valence-electron chi connectivity index (χ0n) is 23.9. The van der Waals surface area contributed by atoms with Gasteiger partial charge in [0, 0.05) is 49.1 Å². The first kappa shape index (κ1) is 31.7. The number of ether oxygens (including phenoxy) is 1. The third-order valence-corrected chi connectivity index (χ3v) is 9.61. The van der Waals surface area contributed by atoms with Gasteiger partial charge in [-0.3, -0.25) is 9.00 Å². The molecule has 1 aliphatic rings. The predicted octanol–water partition coefficient (Wildman–Crippen LogP) is 7.01. The summed E-state index contributed by atoms with van der Waals surface area (Å²) in [4.78, 5) is 28.4. The van der Waals surface area contributed by atoms with Gasteiger partial charge in [-0.15, -0.1) is 11.8 Å². The SMILES string of the molecule is CCCCC1(CCCC)CN(c2ccc(C(=O)N(C)C)cc2)c2cc(SC)c(O/C=C(\F)C(=O)O)cc2S(=O)C1. The van der Waals surface area contributed by atoms with Gasteiger partial charge in [-0.05, 0) is 49.4 Å². The van der Waals surface area contributed by atoms with Crippen molar-refractivity contribution in [3.8, 4) is 5.75 Å². The van der Waals surface area contributed by atoms with Crippen LogP contribution in [0.2, 0.25) is 0 Å². The molecule has 1 N–H and O–H groups in total. The minimum Gasteiger partial charge on any atom is -0.476 e. The second-order valence-corrected chi connectivity index (χ2v) is 12.7. The van der Waals surface area contributed by atoms with Gasteiger partial charge < -0.3 is 19.6 Å². The Morgan fingerprint density at radius 3 is 2.30 bits per heavy atom. The molecule has 40 heavy (non-hydrogen) atoms. The third-order valence-electron chi connectivity index (χ3n) is 7.16. The van der Waals surface area contributed by atoms with E-state index in [1.807, 2.05) is 36.6 Å². The van der Waals surface area contributed by atoms with Gasteiger partial charge >= 0.3 is 5.97 Å². The Morgan fingerprint density at radius 2 is 1.77 bits per heavy atom. The molecule has 10 heteroatoms. The second kappa shape index (κ2) is 14.2. The van der Waals surface area contributed by atoms with Gasteiger partial charge in [0.1, 0.15) is 12.0 Å². The number of carboxylic acids is 1. The number of aliphatic carboxylic acids is 1. The molecule has 2 aromatic carbocycles. The smallest absolute Gasteiger partial charge is 0.368 e. The van der Waals surface area contributed by atoms with Gasteiger partial charge in [0.25, 0.3) is 5.91 Å². The highest BCUT2D eigenvalue weighted by Crippen LogP contribution is 2.46. The Hall–Kier alpha value is -2.85. The van der Waals surface area contributed by atoms with Gasteiger partial charge in [-0.1, -0.05) is 39.5 Å². The van der Waals surface area contributed by atoms with E-state index in [1.54, 1.807) is 20.2 Å². The van der Waals surface area contributed by atoms with E-state index in [9.17, 15) is 18.2 Å². The summed E-state index contributed by atoms with van der Waals surface area (Å²) in [6.45, 7) is 4.98. The van der Waals surface area contributed by atoms with Crippen LogP contribution in [0.4, 0.5) is 15.8 Å². The molecule has 0 radical (unpaired) electrons. The summed E-state index contributed by atoms with van der Waals surface area (Å²) in [7, 11) is 2.04. The van der Waals surface area contributed by atoms with Crippen molar-refractivity contribution in [3.05, 3.63) is 54.1 Å². The second-order valence-electron chi connectivity index (χ2n) is 10.4. The number of carboxylic acid groups (broad SMARTS) is 1. The number of halogens is 1.